The molecule has 32 heavy (non-hydrogen) atoms. The van der Waals surface area contributed by atoms with Crippen molar-refractivity contribution in [2.75, 3.05) is 32.8 Å². The number of amides is 1. The number of hydrogen-bond acceptors (Lipinski definition) is 6. The highest BCUT2D eigenvalue weighted by molar-refractivity contribution is 7.89. The third-order valence-corrected chi connectivity index (χ3v) is 7.34. The van der Waals surface area contributed by atoms with E-state index in [1.807, 2.05) is 18.2 Å². The van der Waals surface area contributed by atoms with Crippen molar-refractivity contribution in [2.45, 2.75) is 4.90 Å². The van der Waals surface area contributed by atoms with Crippen LogP contribution in [0.25, 0.3) is 10.9 Å². The van der Waals surface area contributed by atoms with Gasteiger partial charge in [0, 0.05) is 36.6 Å². The summed E-state index contributed by atoms with van der Waals surface area (Å²) < 4.78 is 31.9. The zero-order chi connectivity index (χ0) is 22.7. The Morgan fingerprint density at radius 2 is 1.62 bits per heavy atom. The maximum Gasteiger partial charge on any atom is 0.357 e. The molecule has 166 valence electrons. The summed E-state index contributed by atoms with van der Waals surface area (Å²) in [4.78, 5) is 30.6. The number of piperazine rings is 1. The van der Waals surface area contributed by atoms with Crippen LogP contribution in [0.4, 0.5) is 0 Å². The third-order valence-electron chi connectivity index (χ3n) is 5.18. The van der Waals surface area contributed by atoms with Gasteiger partial charge in [0.1, 0.15) is 5.69 Å². The average Bonchev–Trinajstić information content (AvgIpc) is 2.82. The smallest absolute Gasteiger partial charge is 0.357 e. The van der Waals surface area contributed by atoms with Crippen LogP contribution >= 0.6 is 11.6 Å². The van der Waals surface area contributed by atoms with Crippen LogP contribution in [0.15, 0.2) is 65.6 Å². The highest BCUT2D eigenvalue weighted by Crippen LogP contribution is 2.20. The predicted molar refractivity (Wildman–Crippen MR) is 119 cm³/mol. The van der Waals surface area contributed by atoms with E-state index in [1.165, 1.54) is 33.5 Å². The first-order valence-electron chi connectivity index (χ1n) is 9.91. The number of esters is 1. The van der Waals surface area contributed by atoms with Crippen molar-refractivity contribution < 1.29 is 22.7 Å². The van der Waals surface area contributed by atoms with Crippen molar-refractivity contribution in [3.05, 3.63) is 71.4 Å². The first-order valence-corrected chi connectivity index (χ1v) is 11.7. The molecule has 0 radical (unpaired) electrons. The third kappa shape index (κ3) is 4.74. The van der Waals surface area contributed by atoms with Crippen molar-refractivity contribution >= 4 is 44.4 Å². The van der Waals surface area contributed by atoms with Gasteiger partial charge in [0.05, 0.1) is 10.4 Å². The van der Waals surface area contributed by atoms with Crippen molar-refractivity contribution in [1.82, 2.24) is 14.2 Å². The minimum absolute atomic E-state index is 0.121. The Morgan fingerprint density at radius 3 is 2.34 bits per heavy atom. The van der Waals surface area contributed by atoms with Gasteiger partial charge in [0.15, 0.2) is 6.61 Å². The number of halogens is 1. The Labute approximate surface area is 190 Å². The molecule has 10 heteroatoms. The highest BCUT2D eigenvalue weighted by atomic mass is 35.5. The second-order valence-corrected chi connectivity index (χ2v) is 9.58. The van der Waals surface area contributed by atoms with Crippen molar-refractivity contribution in [3.63, 3.8) is 0 Å². The number of carbonyl (C=O) groups is 2. The Hall–Kier alpha value is -3.01. The molecule has 0 spiro atoms. The number of nitrogens with zero attached hydrogens (tertiary/aromatic N) is 3. The summed E-state index contributed by atoms with van der Waals surface area (Å²) in [6, 6.07) is 16.6. The Kier molecular flexibility index (Phi) is 6.40. The SMILES string of the molecule is O=C(OCC(=O)N1CCN(S(=O)(=O)c2ccc(Cl)cc2)CC1)c1ccc2ccccc2n1. The fraction of sp³-hybridized carbons (Fsp3) is 0.227. The van der Waals surface area contributed by atoms with E-state index in [1.54, 1.807) is 18.2 Å². The molecule has 0 bridgehead atoms. The molecule has 4 rings (SSSR count). The summed E-state index contributed by atoms with van der Waals surface area (Å²) >= 11 is 5.83. The number of aromatic nitrogens is 1. The first kappa shape index (κ1) is 22.2. The molecule has 8 nitrogen and oxygen atoms in total. The van der Waals surface area contributed by atoms with E-state index in [2.05, 4.69) is 4.98 Å². The van der Waals surface area contributed by atoms with E-state index in [0.29, 0.717) is 10.5 Å². The molecule has 2 heterocycles. The number of carbonyl (C=O) groups excluding carboxylic acids is 2. The fourth-order valence-electron chi connectivity index (χ4n) is 3.41. The van der Waals surface area contributed by atoms with Crippen LogP contribution in [-0.2, 0) is 19.6 Å². The first-order chi connectivity index (χ1) is 15.3. The number of para-hydroxylation sites is 1. The number of sulfonamides is 1. The van der Waals surface area contributed by atoms with Gasteiger partial charge in [-0.2, -0.15) is 4.31 Å². The van der Waals surface area contributed by atoms with Crippen LogP contribution < -0.4 is 0 Å². The van der Waals surface area contributed by atoms with Gasteiger partial charge >= 0.3 is 5.97 Å². The maximum atomic E-state index is 12.7. The van der Waals surface area contributed by atoms with E-state index in [4.69, 9.17) is 16.3 Å². The molecule has 0 unspecified atom stereocenters. The van der Waals surface area contributed by atoms with Crippen LogP contribution in [0, 0.1) is 0 Å². The zero-order valence-electron chi connectivity index (χ0n) is 17.0. The summed E-state index contributed by atoms with van der Waals surface area (Å²) in [5.41, 5.74) is 0.779. The summed E-state index contributed by atoms with van der Waals surface area (Å²) in [6.45, 7) is 0.278. The largest absolute Gasteiger partial charge is 0.451 e. The second-order valence-electron chi connectivity index (χ2n) is 7.20. The Morgan fingerprint density at radius 1 is 0.938 bits per heavy atom. The van der Waals surface area contributed by atoms with Crippen LogP contribution in [0.5, 0.6) is 0 Å². The molecule has 2 aromatic carbocycles. The molecule has 3 aromatic rings. The van der Waals surface area contributed by atoms with Gasteiger partial charge in [-0.05, 0) is 36.4 Å². The second kappa shape index (κ2) is 9.23. The van der Waals surface area contributed by atoms with Gasteiger partial charge < -0.3 is 9.64 Å². The standard InChI is InChI=1S/C22H20ClN3O5S/c23-17-6-8-18(9-7-17)32(29,30)26-13-11-25(12-14-26)21(27)15-31-22(28)20-10-5-16-3-1-2-4-19(16)24-20/h1-10H,11-15H2. The molecule has 1 aliphatic heterocycles. The normalized spacial score (nSPS) is 15.0. The molecule has 1 saturated heterocycles. The lowest BCUT2D eigenvalue weighted by Crippen LogP contribution is -2.51. The van der Waals surface area contributed by atoms with E-state index < -0.39 is 22.6 Å². The maximum absolute atomic E-state index is 12.7. The van der Waals surface area contributed by atoms with Gasteiger partial charge in [-0.3, -0.25) is 4.79 Å². The minimum Gasteiger partial charge on any atom is -0.451 e. The van der Waals surface area contributed by atoms with Crippen molar-refractivity contribution in [3.8, 4) is 0 Å². The lowest BCUT2D eigenvalue weighted by molar-refractivity contribution is -0.135. The molecule has 0 saturated carbocycles. The van der Waals surface area contributed by atoms with Crippen molar-refractivity contribution in [2.24, 2.45) is 0 Å². The highest BCUT2D eigenvalue weighted by Gasteiger charge is 2.30. The molecule has 1 fully saturated rings. The summed E-state index contributed by atoms with van der Waals surface area (Å²) in [6.07, 6.45) is 0. The van der Waals surface area contributed by atoms with Crippen molar-refractivity contribution in [1.29, 1.82) is 0 Å². The lowest BCUT2D eigenvalue weighted by Gasteiger charge is -2.33. The number of fused-ring (bicyclic) bond motifs is 1. The van der Waals surface area contributed by atoms with E-state index in [-0.39, 0.29) is 42.7 Å². The molecule has 1 aromatic heterocycles. The quantitative estimate of drug-likeness (QED) is 0.528. The molecule has 1 amide bonds. The number of ether oxygens (including phenoxy) is 1. The summed E-state index contributed by atoms with van der Waals surface area (Å²) in [5, 5.41) is 1.35. The average molecular weight is 474 g/mol. The molecular formula is C22H20ClN3O5S. The summed E-state index contributed by atoms with van der Waals surface area (Å²) in [5.74, 6) is -1.07. The fourth-order valence-corrected chi connectivity index (χ4v) is 4.95. The molecule has 1 aliphatic rings. The molecule has 0 aliphatic carbocycles. The van der Waals surface area contributed by atoms with E-state index >= 15 is 0 Å². The minimum atomic E-state index is -3.66. The summed E-state index contributed by atoms with van der Waals surface area (Å²) in [7, 11) is -3.66. The van der Waals surface area contributed by atoms with Crippen LogP contribution in [0.2, 0.25) is 5.02 Å². The lowest BCUT2D eigenvalue weighted by atomic mass is 10.2. The van der Waals surface area contributed by atoms with E-state index in [0.717, 1.165) is 5.39 Å². The Bertz CT molecular complexity index is 1260. The van der Waals surface area contributed by atoms with Gasteiger partial charge in [-0.1, -0.05) is 35.9 Å². The van der Waals surface area contributed by atoms with Crippen LogP contribution in [0.3, 0.4) is 0 Å². The number of hydrogen-bond donors (Lipinski definition) is 0. The number of rotatable bonds is 5. The number of pyridine rings is 1. The van der Waals surface area contributed by atoms with Gasteiger partial charge in [0.2, 0.25) is 10.0 Å². The van der Waals surface area contributed by atoms with Gasteiger partial charge in [-0.25, -0.2) is 18.2 Å². The molecular weight excluding hydrogens is 454 g/mol. The van der Waals surface area contributed by atoms with Gasteiger partial charge in [-0.15, -0.1) is 0 Å². The van der Waals surface area contributed by atoms with Gasteiger partial charge in [0.25, 0.3) is 5.91 Å². The topological polar surface area (TPSA) is 96.9 Å². The van der Waals surface area contributed by atoms with Crippen LogP contribution in [0.1, 0.15) is 10.5 Å². The zero-order valence-corrected chi connectivity index (χ0v) is 18.6. The Balaban J connectivity index is 1.31. The molecule has 0 atom stereocenters. The predicted octanol–water partition coefficient (Wildman–Crippen LogP) is 2.58. The van der Waals surface area contributed by atoms with Crippen LogP contribution in [-0.4, -0.2) is 67.3 Å². The number of benzene rings is 2. The molecule has 0 N–H and O–H groups in total. The monoisotopic (exact) mass is 473 g/mol. The van der Waals surface area contributed by atoms with E-state index in [9.17, 15) is 18.0 Å².